The Labute approximate surface area is 175 Å². The van der Waals surface area contributed by atoms with Gasteiger partial charge in [0.1, 0.15) is 11.3 Å². The van der Waals surface area contributed by atoms with Gasteiger partial charge in [0.15, 0.2) is 17.3 Å². The lowest BCUT2D eigenvalue weighted by Gasteiger charge is -2.37. The number of nitrogens with zero attached hydrogens (tertiary/aromatic N) is 6. The van der Waals surface area contributed by atoms with E-state index >= 15 is 0 Å². The van der Waals surface area contributed by atoms with Crippen molar-refractivity contribution in [1.29, 1.82) is 0 Å². The highest BCUT2D eigenvalue weighted by Gasteiger charge is 2.33. The van der Waals surface area contributed by atoms with E-state index in [2.05, 4.69) is 20.1 Å². The van der Waals surface area contributed by atoms with Gasteiger partial charge in [-0.05, 0) is 38.0 Å². The number of halogens is 2. The predicted octanol–water partition coefficient (Wildman–Crippen LogP) is 2.94. The van der Waals surface area contributed by atoms with Crippen LogP contribution in [0.1, 0.15) is 41.9 Å². The van der Waals surface area contributed by atoms with E-state index in [1.165, 1.54) is 10.6 Å². The lowest BCUT2D eigenvalue weighted by Crippen LogP contribution is -2.45. The van der Waals surface area contributed by atoms with Crippen LogP contribution in [0.2, 0.25) is 0 Å². The van der Waals surface area contributed by atoms with Gasteiger partial charge in [0.2, 0.25) is 5.95 Å². The lowest BCUT2D eigenvalue weighted by atomic mass is 9.92. The van der Waals surface area contributed by atoms with Crippen molar-refractivity contribution in [3.63, 3.8) is 0 Å². The van der Waals surface area contributed by atoms with E-state index in [4.69, 9.17) is 5.73 Å². The van der Waals surface area contributed by atoms with Gasteiger partial charge in [0.25, 0.3) is 5.91 Å². The predicted molar refractivity (Wildman–Crippen MR) is 109 cm³/mol. The van der Waals surface area contributed by atoms with Crippen molar-refractivity contribution in [2.24, 2.45) is 0 Å². The second-order valence-electron chi connectivity index (χ2n) is 7.78. The smallest absolute Gasteiger partial charge is 0.255 e. The first-order valence-electron chi connectivity index (χ1n) is 9.94. The summed E-state index contributed by atoms with van der Waals surface area (Å²) in [5.41, 5.74) is 6.66. The molecule has 1 aliphatic heterocycles. The molecule has 2 atom stereocenters. The Morgan fingerprint density at radius 3 is 2.84 bits per heavy atom. The molecule has 1 fully saturated rings. The summed E-state index contributed by atoms with van der Waals surface area (Å²) in [6, 6.07) is 5.43. The minimum atomic E-state index is -0.812. The van der Waals surface area contributed by atoms with Gasteiger partial charge >= 0.3 is 0 Å². The molecule has 1 amide bonds. The summed E-state index contributed by atoms with van der Waals surface area (Å²) in [6.07, 6.45) is 4.70. The minimum absolute atomic E-state index is 0.0424. The first-order valence-corrected chi connectivity index (χ1v) is 9.94. The first-order chi connectivity index (χ1) is 14.9. The highest BCUT2D eigenvalue weighted by Crippen LogP contribution is 2.31. The normalized spacial score (nSPS) is 19.3. The molecule has 1 aromatic carbocycles. The fourth-order valence-electron chi connectivity index (χ4n) is 4.10. The molecular weight excluding hydrogens is 404 g/mol. The Kier molecular flexibility index (Phi) is 4.49. The number of benzene rings is 1. The van der Waals surface area contributed by atoms with Gasteiger partial charge < -0.3 is 10.6 Å². The van der Waals surface area contributed by atoms with E-state index in [0.717, 1.165) is 18.9 Å². The largest absolute Gasteiger partial charge is 0.368 e. The molecular formula is C21H19F2N7O. The zero-order chi connectivity index (χ0) is 21.7. The topological polar surface area (TPSA) is 102 Å². The standard InChI is InChI=1S/C21H19F2N7O/c1-11-4-5-13(10-29(11)20(31)12-3-2-6-25-9-12)18-27-19-15-7-14(22)8-16(23)17(15)26-21(24)30(19)28-18/h2-3,6-9,11,13H,4-5,10H2,1H3,(H2,24,26)/t11-,13+/m0/s1. The number of pyridine rings is 1. The number of rotatable bonds is 2. The number of fused-ring (bicyclic) bond motifs is 3. The van der Waals surface area contributed by atoms with Gasteiger partial charge in [-0.3, -0.25) is 9.78 Å². The molecule has 3 aromatic heterocycles. The summed E-state index contributed by atoms with van der Waals surface area (Å²) in [6.45, 7) is 2.42. The molecule has 0 bridgehead atoms. The number of carbonyl (C=O) groups is 1. The molecule has 4 aromatic rings. The lowest BCUT2D eigenvalue weighted by molar-refractivity contribution is 0.0605. The van der Waals surface area contributed by atoms with Gasteiger partial charge in [-0.15, -0.1) is 5.10 Å². The van der Waals surface area contributed by atoms with Gasteiger partial charge in [0.05, 0.1) is 10.9 Å². The van der Waals surface area contributed by atoms with Crippen molar-refractivity contribution in [3.05, 3.63) is 59.7 Å². The molecule has 10 heteroatoms. The molecule has 31 heavy (non-hydrogen) atoms. The SMILES string of the molecule is C[C@H]1CC[C@@H](c2nc3c4cc(F)cc(F)c4nc(N)n3n2)CN1C(=O)c1cccnc1. The third kappa shape index (κ3) is 3.24. The number of anilines is 1. The molecule has 8 nitrogen and oxygen atoms in total. The Hall–Kier alpha value is -3.69. The number of piperidine rings is 1. The molecule has 2 N–H and O–H groups in total. The Morgan fingerprint density at radius 2 is 2.06 bits per heavy atom. The number of hydrogen-bond donors (Lipinski definition) is 1. The second-order valence-corrected chi connectivity index (χ2v) is 7.78. The van der Waals surface area contributed by atoms with Crippen LogP contribution in [0.3, 0.4) is 0 Å². The van der Waals surface area contributed by atoms with E-state index in [9.17, 15) is 13.6 Å². The fourth-order valence-corrected chi connectivity index (χ4v) is 4.10. The van der Waals surface area contributed by atoms with E-state index in [1.807, 2.05) is 6.92 Å². The number of nitrogens with two attached hydrogens (primary N) is 1. The van der Waals surface area contributed by atoms with E-state index in [0.29, 0.717) is 17.9 Å². The van der Waals surface area contributed by atoms with Gasteiger partial charge in [-0.1, -0.05) is 0 Å². The molecule has 0 unspecified atom stereocenters. The maximum atomic E-state index is 14.2. The summed E-state index contributed by atoms with van der Waals surface area (Å²) in [5.74, 6) is -1.38. The quantitative estimate of drug-likeness (QED) is 0.532. The van der Waals surface area contributed by atoms with Crippen molar-refractivity contribution < 1.29 is 13.6 Å². The van der Waals surface area contributed by atoms with Crippen LogP contribution in [0, 0.1) is 11.6 Å². The average Bonchev–Trinajstić information content (AvgIpc) is 3.22. The van der Waals surface area contributed by atoms with Crippen LogP contribution in [0.5, 0.6) is 0 Å². The number of likely N-dealkylation sites (tertiary alicyclic amines) is 1. The molecule has 0 spiro atoms. The minimum Gasteiger partial charge on any atom is -0.368 e. The molecule has 0 aliphatic carbocycles. The summed E-state index contributed by atoms with van der Waals surface area (Å²) in [4.78, 5) is 27.4. The zero-order valence-electron chi connectivity index (χ0n) is 16.7. The van der Waals surface area contributed by atoms with E-state index in [1.54, 1.807) is 29.4 Å². The van der Waals surface area contributed by atoms with Crippen LogP contribution in [-0.2, 0) is 0 Å². The zero-order valence-corrected chi connectivity index (χ0v) is 16.7. The average molecular weight is 423 g/mol. The highest BCUT2D eigenvalue weighted by atomic mass is 19.1. The summed E-state index contributed by atoms with van der Waals surface area (Å²) < 4.78 is 29.3. The highest BCUT2D eigenvalue weighted by molar-refractivity contribution is 5.94. The van der Waals surface area contributed by atoms with Crippen LogP contribution < -0.4 is 5.73 Å². The molecule has 5 rings (SSSR count). The number of carbonyl (C=O) groups excluding carboxylic acids is 1. The summed E-state index contributed by atoms with van der Waals surface area (Å²) >= 11 is 0. The number of aromatic nitrogens is 5. The molecule has 4 heterocycles. The van der Waals surface area contributed by atoms with Crippen LogP contribution in [0.25, 0.3) is 16.6 Å². The maximum absolute atomic E-state index is 14.2. The van der Waals surface area contributed by atoms with Gasteiger partial charge in [0, 0.05) is 37.0 Å². The van der Waals surface area contributed by atoms with E-state index in [-0.39, 0.29) is 40.4 Å². The monoisotopic (exact) mass is 423 g/mol. The summed E-state index contributed by atoms with van der Waals surface area (Å²) in [7, 11) is 0. The van der Waals surface area contributed by atoms with Crippen molar-refractivity contribution in [2.45, 2.75) is 31.7 Å². The summed E-state index contributed by atoms with van der Waals surface area (Å²) in [5, 5.41) is 4.65. The molecule has 1 aliphatic rings. The third-order valence-corrected chi connectivity index (χ3v) is 5.75. The maximum Gasteiger partial charge on any atom is 0.255 e. The van der Waals surface area contributed by atoms with Crippen molar-refractivity contribution in [2.75, 3.05) is 12.3 Å². The van der Waals surface area contributed by atoms with Crippen molar-refractivity contribution in [1.82, 2.24) is 29.5 Å². The van der Waals surface area contributed by atoms with Crippen LogP contribution in [0.4, 0.5) is 14.7 Å². The Morgan fingerprint density at radius 1 is 1.23 bits per heavy atom. The number of nitrogen functional groups attached to an aromatic ring is 1. The Bertz CT molecular complexity index is 1310. The van der Waals surface area contributed by atoms with E-state index < -0.39 is 11.6 Å². The van der Waals surface area contributed by atoms with Gasteiger partial charge in [-0.25, -0.2) is 18.7 Å². The molecule has 0 saturated carbocycles. The van der Waals surface area contributed by atoms with Crippen molar-refractivity contribution >= 4 is 28.4 Å². The van der Waals surface area contributed by atoms with Crippen molar-refractivity contribution in [3.8, 4) is 0 Å². The molecule has 0 radical (unpaired) electrons. The third-order valence-electron chi connectivity index (χ3n) is 5.75. The number of hydrogen-bond acceptors (Lipinski definition) is 6. The second kappa shape index (κ2) is 7.22. The van der Waals surface area contributed by atoms with Crippen LogP contribution in [0.15, 0.2) is 36.7 Å². The molecule has 158 valence electrons. The first kappa shape index (κ1) is 19.3. The number of amides is 1. The Balaban J connectivity index is 1.54. The molecule has 1 saturated heterocycles. The van der Waals surface area contributed by atoms with Gasteiger partial charge in [-0.2, -0.15) is 4.52 Å². The van der Waals surface area contributed by atoms with Crippen LogP contribution >= 0.6 is 0 Å². The fraction of sp³-hybridized carbons (Fsp3) is 0.286. The van der Waals surface area contributed by atoms with Crippen LogP contribution in [-0.4, -0.2) is 48.0 Å².